The Morgan fingerprint density at radius 1 is 1.43 bits per heavy atom. The van der Waals surface area contributed by atoms with Crippen LogP contribution < -0.4 is 0 Å². The normalized spacial score (nSPS) is 30.7. The van der Waals surface area contributed by atoms with Crippen molar-refractivity contribution in [1.29, 1.82) is 0 Å². The van der Waals surface area contributed by atoms with Crippen molar-refractivity contribution in [3.05, 3.63) is 42.0 Å². The summed E-state index contributed by atoms with van der Waals surface area (Å²) in [5.74, 6) is 0.421. The lowest BCUT2D eigenvalue weighted by Gasteiger charge is -2.60. The van der Waals surface area contributed by atoms with E-state index in [9.17, 15) is 5.11 Å². The van der Waals surface area contributed by atoms with E-state index in [1.807, 2.05) is 6.07 Å². The Balaban J connectivity index is 2.07. The van der Waals surface area contributed by atoms with E-state index in [-0.39, 0.29) is 16.9 Å². The Hall–Kier alpha value is -1.32. The summed E-state index contributed by atoms with van der Waals surface area (Å²) in [5, 5.41) is 12.4. The minimum absolute atomic E-state index is 0.0675. The van der Waals surface area contributed by atoms with Crippen molar-refractivity contribution in [2.24, 2.45) is 5.41 Å². The summed E-state index contributed by atoms with van der Waals surface area (Å²) in [6.07, 6.45) is 3.65. The van der Waals surface area contributed by atoms with E-state index < -0.39 is 0 Å². The molecule has 114 valence electrons. The summed E-state index contributed by atoms with van der Waals surface area (Å²) in [5.41, 5.74) is 2.56. The maximum atomic E-state index is 10.3. The minimum atomic E-state index is 0.0675. The fraction of sp³-hybridized carbons (Fsp3) is 0.556. The monoisotopic (exact) mass is 287 g/mol. The predicted octanol–water partition coefficient (Wildman–Crippen LogP) is 3.42. The summed E-state index contributed by atoms with van der Waals surface area (Å²) in [6, 6.07) is 6.23. The van der Waals surface area contributed by atoms with Gasteiger partial charge in [0.15, 0.2) is 0 Å². The number of phenols is 1. The second kappa shape index (κ2) is 4.85. The molecule has 1 aliphatic carbocycles. The molecule has 2 atom stereocenters. The molecule has 0 aromatic heterocycles. The van der Waals surface area contributed by atoms with E-state index in [0.29, 0.717) is 12.4 Å². The Morgan fingerprint density at radius 2 is 2.19 bits per heavy atom. The van der Waals surface area contributed by atoms with Crippen molar-refractivity contribution in [2.75, 3.05) is 13.2 Å². The maximum absolute atomic E-state index is 10.3. The lowest BCUT2D eigenvalue weighted by molar-refractivity contribution is -0.235. The van der Waals surface area contributed by atoms with E-state index >= 15 is 0 Å². The van der Waals surface area contributed by atoms with Crippen LogP contribution in [0.1, 0.15) is 38.3 Å². The predicted molar refractivity (Wildman–Crippen MR) is 84.2 cm³/mol. The largest absolute Gasteiger partial charge is 0.508 e. The molecule has 0 radical (unpaired) electrons. The standard InChI is InChI=1S/C18H25NO2/c1-5-11-21-19-10-9-18(4)14-7-6-8-15(20)13(14)12-16(19)17(18,2)3/h5-8,16,20H,1,9-12H2,2-4H3/t16-,18?/m1/s1. The molecular weight excluding hydrogens is 262 g/mol. The van der Waals surface area contributed by atoms with Gasteiger partial charge in [0.2, 0.25) is 0 Å². The Bertz CT molecular complexity index is 566. The minimum Gasteiger partial charge on any atom is -0.508 e. The van der Waals surface area contributed by atoms with Gasteiger partial charge >= 0.3 is 0 Å². The van der Waals surface area contributed by atoms with Gasteiger partial charge in [0, 0.05) is 18.0 Å². The first kappa shape index (κ1) is 14.6. The quantitative estimate of drug-likeness (QED) is 0.865. The van der Waals surface area contributed by atoms with E-state index in [1.54, 1.807) is 12.1 Å². The van der Waals surface area contributed by atoms with Gasteiger partial charge in [0.25, 0.3) is 0 Å². The van der Waals surface area contributed by atoms with Crippen LogP contribution in [0.2, 0.25) is 0 Å². The van der Waals surface area contributed by atoms with Crippen LogP contribution in [0.4, 0.5) is 0 Å². The lowest BCUT2D eigenvalue weighted by atomic mass is 9.51. The molecule has 1 heterocycles. The molecule has 2 aliphatic rings. The average molecular weight is 287 g/mol. The third-order valence-corrected chi connectivity index (χ3v) is 5.94. The number of hydrogen-bond donors (Lipinski definition) is 1. The van der Waals surface area contributed by atoms with Gasteiger partial charge in [0.05, 0.1) is 6.61 Å². The van der Waals surface area contributed by atoms with E-state index in [2.05, 4.69) is 38.5 Å². The molecule has 1 unspecified atom stereocenters. The van der Waals surface area contributed by atoms with Gasteiger partial charge in [-0.2, -0.15) is 5.06 Å². The van der Waals surface area contributed by atoms with Crippen LogP contribution in [0.25, 0.3) is 0 Å². The molecule has 1 N–H and O–H groups in total. The first-order chi connectivity index (χ1) is 9.91. The summed E-state index contributed by atoms with van der Waals surface area (Å²) < 4.78 is 0. The third-order valence-electron chi connectivity index (χ3n) is 5.94. The number of hydrogen-bond acceptors (Lipinski definition) is 3. The van der Waals surface area contributed by atoms with E-state index in [4.69, 9.17) is 4.84 Å². The highest BCUT2D eigenvalue weighted by Gasteiger charge is 2.56. The third kappa shape index (κ3) is 1.95. The van der Waals surface area contributed by atoms with Crippen molar-refractivity contribution in [3.63, 3.8) is 0 Å². The molecule has 21 heavy (non-hydrogen) atoms. The summed E-state index contributed by atoms with van der Waals surface area (Å²) in [6.45, 7) is 12.2. The molecular formula is C18H25NO2. The lowest BCUT2D eigenvalue weighted by Crippen LogP contribution is -2.63. The van der Waals surface area contributed by atoms with Crippen LogP contribution in [0, 0.1) is 5.41 Å². The van der Waals surface area contributed by atoms with Crippen LogP contribution in [-0.2, 0) is 16.7 Å². The zero-order valence-corrected chi connectivity index (χ0v) is 13.2. The Kier molecular flexibility index (Phi) is 3.38. The highest BCUT2D eigenvalue weighted by atomic mass is 16.7. The van der Waals surface area contributed by atoms with Gasteiger partial charge in [-0.05, 0) is 35.4 Å². The van der Waals surface area contributed by atoms with Crippen LogP contribution in [0.5, 0.6) is 5.75 Å². The number of hydroxylamine groups is 2. The molecule has 0 spiro atoms. The molecule has 1 fully saturated rings. The van der Waals surface area contributed by atoms with Crippen LogP contribution in [0.3, 0.4) is 0 Å². The highest BCUT2D eigenvalue weighted by Crippen LogP contribution is 2.57. The van der Waals surface area contributed by atoms with Gasteiger partial charge in [-0.15, -0.1) is 6.58 Å². The van der Waals surface area contributed by atoms with Gasteiger partial charge in [-0.3, -0.25) is 4.84 Å². The van der Waals surface area contributed by atoms with Gasteiger partial charge in [-0.25, -0.2) is 0 Å². The topological polar surface area (TPSA) is 32.7 Å². The van der Waals surface area contributed by atoms with Crippen LogP contribution in [-0.4, -0.2) is 29.4 Å². The first-order valence-corrected chi connectivity index (χ1v) is 7.73. The van der Waals surface area contributed by atoms with E-state index in [0.717, 1.165) is 24.9 Å². The van der Waals surface area contributed by atoms with Crippen molar-refractivity contribution in [3.8, 4) is 5.75 Å². The molecule has 0 amide bonds. The number of fused-ring (bicyclic) bond motifs is 4. The van der Waals surface area contributed by atoms with Gasteiger partial charge < -0.3 is 5.11 Å². The molecule has 1 saturated heterocycles. The van der Waals surface area contributed by atoms with Crippen molar-refractivity contribution >= 4 is 0 Å². The number of nitrogens with zero attached hydrogens (tertiary/aromatic N) is 1. The molecule has 1 aromatic rings. The SMILES string of the molecule is C=CCON1CCC2(C)c3cccc(O)c3C[C@@H]1C2(C)C. The summed E-state index contributed by atoms with van der Waals surface area (Å²) in [7, 11) is 0. The maximum Gasteiger partial charge on any atom is 0.119 e. The second-order valence-corrected chi connectivity index (χ2v) is 7.05. The molecule has 3 heteroatoms. The fourth-order valence-electron chi connectivity index (χ4n) is 4.18. The number of aromatic hydroxyl groups is 1. The average Bonchev–Trinajstić information content (AvgIpc) is 2.43. The number of piperidine rings is 1. The number of benzene rings is 1. The number of phenolic OH excluding ortho intramolecular Hbond substituents is 1. The summed E-state index contributed by atoms with van der Waals surface area (Å²) in [4.78, 5) is 5.89. The second-order valence-electron chi connectivity index (χ2n) is 7.05. The first-order valence-electron chi connectivity index (χ1n) is 7.73. The molecule has 3 rings (SSSR count). The molecule has 1 aromatic carbocycles. The molecule has 1 aliphatic heterocycles. The van der Waals surface area contributed by atoms with Crippen molar-refractivity contribution in [2.45, 2.75) is 45.1 Å². The summed E-state index contributed by atoms with van der Waals surface area (Å²) >= 11 is 0. The zero-order chi connectivity index (χ0) is 15.3. The van der Waals surface area contributed by atoms with Crippen LogP contribution in [0.15, 0.2) is 30.9 Å². The van der Waals surface area contributed by atoms with E-state index in [1.165, 1.54) is 5.56 Å². The van der Waals surface area contributed by atoms with Crippen molar-refractivity contribution in [1.82, 2.24) is 5.06 Å². The number of rotatable bonds is 3. The highest BCUT2D eigenvalue weighted by molar-refractivity contribution is 5.48. The smallest absolute Gasteiger partial charge is 0.119 e. The Labute approximate surface area is 127 Å². The fourth-order valence-corrected chi connectivity index (χ4v) is 4.18. The molecule has 2 bridgehead atoms. The van der Waals surface area contributed by atoms with Crippen molar-refractivity contribution < 1.29 is 9.94 Å². The van der Waals surface area contributed by atoms with Gasteiger partial charge in [0.1, 0.15) is 5.75 Å². The zero-order valence-electron chi connectivity index (χ0n) is 13.2. The van der Waals surface area contributed by atoms with Gasteiger partial charge in [-0.1, -0.05) is 39.0 Å². The molecule has 0 saturated carbocycles. The molecule has 3 nitrogen and oxygen atoms in total. The van der Waals surface area contributed by atoms with Crippen LogP contribution >= 0.6 is 0 Å². The Morgan fingerprint density at radius 3 is 2.90 bits per heavy atom.